The van der Waals surface area contributed by atoms with Crippen LogP contribution in [-0.2, 0) is 11.2 Å². The van der Waals surface area contributed by atoms with E-state index in [9.17, 15) is 9.59 Å². The highest BCUT2D eigenvalue weighted by Crippen LogP contribution is 2.22. The van der Waals surface area contributed by atoms with Crippen LogP contribution in [-0.4, -0.2) is 23.5 Å². The number of hydrogen-bond acceptors (Lipinski definition) is 4. The number of carbonyl (C=O) groups excluding carboxylic acids is 2. The van der Waals surface area contributed by atoms with Crippen LogP contribution in [0.2, 0.25) is 0 Å². The van der Waals surface area contributed by atoms with Crippen molar-refractivity contribution in [2.45, 2.75) is 19.8 Å². The highest BCUT2D eigenvalue weighted by molar-refractivity contribution is 7.18. The minimum atomic E-state index is -0.271. The molecular weight excluding hydrogens is 348 g/mol. The maximum absolute atomic E-state index is 12.2. The fourth-order valence-corrected chi connectivity index (χ4v) is 3.45. The van der Waals surface area contributed by atoms with E-state index in [0.717, 1.165) is 15.2 Å². The largest absolute Gasteiger partial charge is 0.338 e. The number of rotatable bonds is 6. The minimum Gasteiger partial charge on any atom is -0.338 e. The second-order valence-electron chi connectivity index (χ2n) is 5.69. The normalized spacial score (nSPS) is 10.5. The number of amides is 3. The molecule has 0 saturated heterocycles. The Balaban J connectivity index is 1.55. The molecule has 6 nitrogen and oxygen atoms in total. The molecule has 0 aliphatic heterocycles. The molecule has 1 aromatic heterocycles. The predicted molar refractivity (Wildman–Crippen MR) is 106 cm³/mol. The van der Waals surface area contributed by atoms with Gasteiger partial charge in [0.15, 0.2) is 0 Å². The lowest BCUT2D eigenvalue weighted by Gasteiger charge is -2.09. The number of thiazole rings is 1. The molecule has 0 spiro atoms. The maximum atomic E-state index is 12.2. The molecule has 0 radical (unpaired) electrons. The third-order valence-electron chi connectivity index (χ3n) is 3.65. The topological polar surface area (TPSA) is 83.1 Å². The molecule has 3 amide bonds. The van der Waals surface area contributed by atoms with E-state index in [0.29, 0.717) is 30.8 Å². The summed E-state index contributed by atoms with van der Waals surface area (Å²) in [6.45, 7) is 2.40. The molecular formula is C19H20N4O2S. The third kappa shape index (κ3) is 4.80. The van der Waals surface area contributed by atoms with Crippen LogP contribution in [0.3, 0.4) is 0 Å². The quantitative estimate of drug-likeness (QED) is 0.615. The number of fused-ring (bicyclic) bond motifs is 1. The van der Waals surface area contributed by atoms with Gasteiger partial charge in [0, 0.05) is 30.8 Å². The monoisotopic (exact) mass is 368 g/mol. The van der Waals surface area contributed by atoms with Crippen LogP contribution in [0.15, 0.2) is 48.5 Å². The SMILES string of the molecule is CCNC(=O)Nc1cccc(NC(=O)CCc2nc3ccccc3s2)c1. The molecule has 134 valence electrons. The number of hydrogen-bond donors (Lipinski definition) is 3. The number of nitrogens with one attached hydrogen (secondary N) is 3. The molecule has 0 aliphatic rings. The number of carbonyl (C=O) groups is 2. The van der Waals surface area contributed by atoms with Gasteiger partial charge in [0.1, 0.15) is 0 Å². The van der Waals surface area contributed by atoms with Gasteiger partial charge in [-0.1, -0.05) is 18.2 Å². The average molecular weight is 368 g/mol. The number of nitrogens with zero attached hydrogens (tertiary/aromatic N) is 1. The van der Waals surface area contributed by atoms with Gasteiger partial charge in [0.05, 0.1) is 15.2 Å². The van der Waals surface area contributed by atoms with Crippen LogP contribution in [0.4, 0.5) is 16.2 Å². The number of benzene rings is 2. The average Bonchev–Trinajstić information content (AvgIpc) is 3.03. The predicted octanol–water partition coefficient (Wildman–Crippen LogP) is 4.01. The summed E-state index contributed by atoms with van der Waals surface area (Å²) < 4.78 is 1.13. The number of anilines is 2. The van der Waals surface area contributed by atoms with Crippen molar-refractivity contribution < 1.29 is 9.59 Å². The van der Waals surface area contributed by atoms with Crippen LogP contribution in [0.25, 0.3) is 10.2 Å². The Morgan fingerprint density at radius 2 is 1.81 bits per heavy atom. The van der Waals surface area contributed by atoms with Gasteiger partial charge in [-0.2, -0.15) is 0 Å². The van der Waals surface area contributed by atoms with Crippen molar-refractivity contribution in [2.24, 2.45) is 0 Å². The third-order valence-corrected chi connectivity index (χ3v) is 4.74. The summed E-state index contributed by atoms with van der Waals surface area (Å²) in [5, 5.41) is 9.19. The highest BCUT2D eigenvalue weighted by Gasteiger charge is 2.08. The number of para-hydroxylation sites is 1. The first-order chi connectivity index (χ1) is 12.6. The van der Waals surface area contributed by atoms with Gasteiger partial charge >= 0.3 is 6.03 Å². The second-order valence-corrected chi connectivity index (χ2v) is 6.80. The zero-order valence-corrected chi connectivity index (χ0v) is 15.2. The lowest BCUT2D eigenvalue weighted by atomic mass is 10.2. The van der Waals surface area contributed by atoms with E-state index in [4.69, 9.17) is 0 Å². The zero-order chi connectivity index (χ0) is 18.4. The van der Waals surface area contributed by atoms with Crippen molar-refractivity contribution in [2.75, 3.05) is 17.2 Å². The molecule has 3 N–H and O–H groups in total. The Hall–Kier alpha value is -2.93. The van der Waals surface area contributed by atoms with Crippen molar-refractivity contribution in [1.82, 2.24) is 10.3 Å². The van der Waals surface area contributed by atoms with Gasteiger partial charge in [-0.3, -0.25) is 4.79 Å². The number of urea groups is 1. The lowest BCUT2D eigenvalue weighted by molar-refractivity contribution is -0.116. The van der Waals surface area contributed by atoms with Crippen molar-refractivity contribution in [3.05, 3.63) is 53.5 Å². The standard InChI is InChI=1S/C19H20N4O2S/c1-2-20-19(25)22-14-7-5-6-13(12-14)21-17(24)10-11-18-23-15-8-3-4-9-16(15)26-18/h3-9,12H,2,10-11H2,1H3,(H,21,24)(H2,20,22,25). The molecule has 26 heavy (non-hydrogen) atoms. The van der Waals surface area contributed by atoms with Gasteiger partial charge < -0.3 is 16.0 Å². The Bertz CT molecular complexity index is 890. The van der Waals surface area contributed by atoms with E-state index in [1.54, 1.807) is 35.6 Å². The molecule has 3 rings (SSSR count). The first kappa shape index (κ1) is 17.9. The van der Waals surface area contributed by atoms with Crippen molar-refractivity contribution in [3.63, 3.8) is 0 Å². The molecule has 0 atom stereocenters. The Labute approximate surface area is 155 Å². The van der Waals surface area contributed by atoms with Crippen LogP contribution in [0, 0.1) is 0 Å². The van der Waals surface area contributed by atoms with Crippen molar-refractivity contribution >= 4 is 44.9 Å². The Morgan fingerprint density at radius 1 is 1.04 bits per heavy atom. The fourth-order valence-electron chi connectivity index (χ4n) is 2.48. The first-order valence-corrected chi connectivity index (χ1v) is 9.25. The summed E-state index contributed by atoms with van der Waals surface area (Å²) >= 11 is 1.61. The molecule has 0 bridgehead atoms. The molecule has 1 heterocycles. The Morgan fingerprint density at radius 3 is 2.58 bits per heavy atom. The molecule has 0 fully saturated rings. The van der Waals surface area contributed by atoms with Gasteiger partial charge in [-0.15, -0.1) is 11.3 Å². The van der Waals surface area contributed by atoms with E-state index >= 15 is 0 Å². The second kappa shape index (κ2) is 8.44. The molecule has 0 saturated carbocycles. The van der Waals surface area contributed by atoms with Crippen molar-refractivity contribution in [3.8, 4) is 0 Å². The zero-order valence-electron chi connectivity index (χ0n) is 14.4. The van der Waals surface area contributed by atoms with E-state index < -0.39 is 0 Å². The smallest absolute Gasteiger partial charge is 0.319 e. The van der Waals surface area contributed by atoms with Gasteiger partial charge in [-0.25, -0.2) is 9.78 Å². The maximum Gasteiger partial charge on any atom is 0.319 e. The summed E-state index contributed by atoms with van der Waals surface area (Å²) in [7, 11) is 0. The van der Waals surface area contributed by atoms with E-state index in [1.807, 2.05) is 31.2 Å². The van der Waals surface area contributed by atoms with E-state index in [2.05, 4.69) is 20.9 Å². The van der Waals surface area contributed by atoms with Crippen LogP contribution >= 0.6 is 11.3 Å². The van der Waals surface area contributed by atoms with Crippen LogP contribution in [0.1, 0.15) is 18.4 Å². The molecule has 2 aromatic carbocycles. The summed E-state index contributed by atoms with van der Waals surface area (Å²) in [6, 6.07) is 14.7. The van der Waals surface area contributed by atoms with E-state index in [1.165, 1.54) is 0 Å². The molecule has 7 heteroatoms. The molecule has 0 aliphatic carbocycles. The lowest BCUT2D eigenvalue weighted by Crippen LogP contribution is -2.28. The van der Waals surface area contributed by atoms with Gasteiger partial charge in [0.2, 0.25) is 5.91 Å². The summed E-state index contributed by atoms with van der Waals surface area (Å²) in [6.07, 6.45) is 0.954. The number of aryl methyl sites for hydroxylation is 1. The summed E-state index contributed by atoms with van der Waals surface area (Å²) in [5.41, 5.74) is 2.24. The summed E-state index contributed by atoms with van der Waals surface area (Å²) in [5.74, 6) is -0.0839. The first-order valence-electron chi connectivity index (χ1n) is 8.43. The van der Waals surface area contributed by atoms with Gasteiger partial charge in [0.25, 0.3) is 0 Å². The number of aromatic nitrogens is 1. The Kier molecular flexibility index (Phi) is 5.80. The molecule has 3 aromatic rings. The molecule has 0 unspecified atom stereocenters. The van der Waals surface area contributed by atoms with Gasteiger partial charge in [-0.05, 0) is 37.3 Å². The summed E-state index contributed by atoms with van der Waals surface area (Å²) in [4.78, 5) is 28.3. The van der Waals surface area contributed by atoms with Crippen LogP contribution < -0.4 is 16.0 Å². The van der Waals surface area contributed by atoms with Crippen molar-refractivity contribution in [1.29, 1.82) is 0 Å². The minimum absolute atomic E-state index is 0.0839. The van der Waals surface area contributed by atoms with Crippen LogP contribution in [0.5, 0.6) is 0 Å². The van der Waals surface area contributed by atoms with E-state index in [-0.39, 0.29) is 11.9 Å². The fraction of sp³-hybridized carbons (Fsp3) is 0.211. The highest BCUT2D eigenvalue weighted by atomic mass is 32.1.